The van der Waals surface area contributed by atoms with Gasteiger partial charge in [-0.2, -0.15) is 0 Å². The fraction of sp³-hybridized carbons (Fsp3) is 0.368. The Balaban J connectivity index is 1.42. The minimum atomic E-state index is -0.309. The Kier molecular flexibility index (Phi) is 3.55. The fourth-order valence-electron chi connectivity index (χ4n) is 4.28. The summed E-state index contributed by atoms with van der Waals surface area (Å²) >= 11 is 1.25. The van der Waals surface area contributed by atoms with Crippen LogP contribution in [0.5, 0.6) is 0 Å². The van der Waals surface area contributed by atoms with Gasteiger partial charge in [0, 0.05) is 24.0 Å². The van der Waals surface area contributed by atoms with E-state index in [1.165, 1.54) is 33.5 Å². The molecule has 2 aliphatic rings. The molecular formula is C19H20N4O2S. The van der Waals surface area contributed by atoms with Crippen molar-refractivity contribution in [2.45, 2.75) is 24.9 Å². The average Bonchev–Trinajstić information content (AvgIpc) is 3.27. The number of benzene rings is 1. The highest BCUT2D eigenvalue weighted by Gasteiger charge is 2.43. The molecule has 3 aromatic rings. The van der Waals surface area contributed by atoms with Crippen molar-refractivity contribution in [1.82, 2.24) is 14.9 Å². The van der Waals surface area contributed by atoms with Crippen LogP contribution in [0.15, 0.2) is 30.5 Å². The van der Waals surface area contributed by atoms with Gasteiger partial charge in [0.25, 0.3) is 5.91 Å². The van der Waals surface area contributed by atoms with Crippen molar-refractivity contribution < 1.29 is 9.53 Å². The van der Waals surface area contributed by atoms with Gasteiger partial charge in [0.1, 0.15) is 10.5 Å². The molecule has 2 aromatic heterocycles. The van der Waals surface area contributed by atoms with Gasteiger partial charge in [-0.05, 0) is 30.9 Å². The number of thiazole rings is 1. The number of carbonyl (C=O) groups is 1. The molecule has 1 fully saturated rings. The van der Waals surface area contributed by atoms with Gasteiger partial charge < -0.3 is 20.4 Å². The first-order valence-corrected chi connectivity index (χ1v) is 9.72. The highest BCUT2D eigenvalue weighted by molar-refractivity contribution is 7.17. The van der Waals surface area contributed by atoms with E-state index in [0.717, 1.165) is 25.9 Å². The molecule has 134 valence electrons. The number of fused-ring (bicyclic) bond motifs is 4. The number of nitrogen functional groups attached to an aromatic ring is 1. The molecular weight excluding hydrogens is 348 g/mol. The van der Waals surface area contributed by atoms with Crippen molar-refractivity contribution in [1.29, 1.82) is 0 Å². The van der Waals surface area contributed by atoms with Gasteiger partial charge in [-0.1, -0.05) is 29.5 Å². The molecule has 3 N–H and O–H groups in total. The normalized spacial score (nSPS) is 19.0. The second-order valence-electron chi connectivity index (χ2n) is 6.97. The molecule has 5 rings (SSSR count). The average molecular weight is 368 g/mol. The standard InChI is InChI=1S/C19H20N4O2S/c20-18-21-11-15(26-18)17(24)23-8-6-19(7-9-23)16-13(5-10-25-19)12-3-1-2-4-14(12)22-16/h1-4,11,22H,5-10H2,(H2,20,21). The van der Waals surface area contributed by atoms with Crippen molar-refractivity contribution in [3.05, 3.63) is 46.6 Å². The summed E-state index contributed by atoms with van der Waals surface area (Å²) < 4.78 is 6.30. The number of hydrogen-bond acceptors (Lipinski definition) is 5. The molecule has 0 saturated carbocycles. The first-order valence-electron chi connectivity index (χ1n) is 8.91. The number of piperidine rings is 1. The summed E-state index contributed by atoms with van der Waals surface area (Å²) in [5, 5.41) is 1.73. The Bertz CT molecular complexity index is 985. The third kappa shape index (κ3) is 2.34. The summed E-state index contributed by atoms with van der Waals surface area (Å²) in [6, 6.07) is 8.44. The lowest BCUT2D eigenvalue weighted by Crippen LogP contribution is -2.48. The lowest BCUT2D eigenvalue weighted by Gasteiger charge is -2.43. The van der Waals surface area contributed by atoms with Crippen LogP contribution in [0, 0.1) is 0 Å². The van der Waals surface area contributed by atoms with E-state index in [0.29, 0.717) is 23.1 Å². The number of carbonyl (C=O) groups excluding carboxylic acids is 1. The number of likely N-dealkylation sites (tertiary alicyclic amines) is 1. The number of nitrogens with one attached hydrogen (secondary N) is 1. The first kappa shape index (κ1) is 15.8. The highest BCUT2D eigenvalue weighted by atomic mass is 32.1. The molecule has 1 spiro atoms. The maximum absolute atomic E-state index is 12.7. The maximum Gasteiger partial charge on any atom is 0.265 e. The fourth-order valence-corrected chi connectivity index (χ4v) is 4.93. The van der Waals surface area contributed by atoms with E-state index >= 15 is 0 Å². The number of nitrogens with two attached hydrogens (primary N) is 1. The third-order valence-electron chi connectivity index (χ3n) is 5.59. The van der Waals surface area contributed by atoms with E-state index in [1.807, 2.05) is 4.90 Å². The second-order valence-corrected chi connectivity index (χ2v) is 8.03. The summed E-state index contributed by atoms with van der Waals surface area (Å²) in [6.45, 7) is 2.07. The van der Waals surface area contributed by atoms with Crippen LogP contribution >= 0.6 is 11.3 Å². The summed E-state index contributed by atoms with van der Waals surface area (Å²) in [6.07, 6.45) is 4.10. The number of H-pyrrole nitrogens is 1. The topological polar surface area (TPSA) is 84.2 Å². The number of anilines is 1. The molecule has 2 aliphatic heterocycles. The van der Waals surface area contributed by atoms with Gasteiger partial charge in [-0.3, -0.25) is 4.79 Å². The SMILES string of the molecule is Nc1ncc(C(=O)N2CCC3(CC2)OCCc2c3[nH]c3ccccc23)s1. The monoisotopic (exact) mass is 368 g/mol. The number of aromatic amines is 1. The van der Waals surface area contributed by atoms with Crippen molar-refractivity contribution in [3.8, 4) is 0 Å². The van der Waals surface area contributed by atoms with Gasteiger partial charge in [0.05, 0.1) is 18.5 Å². The number of ether oxygens (including phenoxy) is 1. The maximum atomic E-state index is 12.7. The Morgan fingerprint density at radius 2 is 2.12 bits per heavy atom. The minimum absolute atomic E-state index is 0.0155. The number of para-hydroxylation sites is 1. The molecule has 1 aromatic carbocycles. The number of nitrogens with zero attached hydrogens (tertiary/aromatic N) is 2. The van der Waals surface area contributed by atoms with Crippen LogP contribution in [-0.2, 0) is 16.8 Å². The summed E-state index contributed by atoms with van der Waals surface area (Å²) in [7, 11) is 0. The molecule has 6 nitrogen and oxygen atoms in total. The van der Waals surface area contributed by atoms with Gasteiger partial charge in [0.2, 0.25) is 0 Å². The van der Waals surface area contributed by atoms with E-state index in [9.17, 15) is 4.79 Å². The first-order chi connectivity index (χ1) is 12.7. The van der Waals surface area contributed by atoms with E-state index < -0.39 is 0 Å². The third-order valence-corrected chi connectivity index (χ3v) is 6.41. The van der Waals surface area contributed by atoms with Gasteiger partial charge in [0.15, 0.2) is 5.13 Å². The van der Waals surface area contributed by atoms with Crippen molar-refractivity contribution in [2.24, 2.45) is 0 Å². The van der Waals surface area contributed by atoms with Crippen LogP contribution in [0.4, 0.5) is 5.13 Å². The number of amides is 1. The Morgan fingerprint density at radius 3 is 2.88 bits per heavy atom. The van der Waals surface area contributed by atoms with Crippen LogP contribution in [-0.4, -0.2) is 40.5 Å². The quantitative estimate of drug-likeness (QED) is 0.692. The highest BCUT2D eigenvalue weighted by Crippen LogP contribution is 2.43. The van der Waals surface area contributed by atoms with E-state index in [2.05, 4.69) is 34.2 Å². The predicted molar refractivity (Wildman–Crippen MR) is 101 cm³/mol. The number of aromatic nitrogens is 2. The van der Waals surface area contributed by atoms with Crippen LogP contribution in [0.25, 0.3) is 10.9 Å². The van der Waals surface area contributed by atoms with Crippen molar-refractivity contribution >= 4 is 33.3 Å². The van der Waals surface area contributed by atoms with Gasteiger partial charge in [-0.15, -0.1) is 0 Å². The number of rotatable bonds is 1. The van der Waals surface area contributed by atoms with Crippen molar-refractivity contribution in [3.63, 3.8) is 0 Å². The second kappa shape index (κ2) is 5.82. The zero-order valence-electron chi connectivity index (χ0n) is 14.3. The molecule has 0 radical (unpaired) electrons. The summed E-state index contributed by atoms with van der Waals surface area (Å²) in [5.41, 5.74) is 9.10. The minimum Gasteiger partial charge on any atom is -0.375 e. The largest absolute Gasteiger partial charge is 0.375 e. The molecule has 4 heterocycles. The van der Waals surface area contributed by atoms with Gasteiger partial charge >= 0.3 is 0 Å². The molecule has 0 bridgehead atoms. The lowest BCUT2D eigenvalue weighted by atomic mass is 9.83. The Hall–Kier alpha value is -2.38. The van der Waals surface area contributed by atoms with Gasteiger partial charge in [-0.25, -0.2) is 4.98 Å². The van der Waals surface area contributed by atoms with E-state index in [1.54, 1.807) is 6.20 Å². The Labute approximate surface area is 155 Å². The van der Waals surface area contributed by atoms with Crippen LogP contribution in [0.3, 0.4) is 0 Å². The van der Waals surface area contributed by atoms with Crippen LogP contribution < -0.4 is 5.73 Å². The molecule has 7 heteroatoms. The number of hydrogen-bond donors (Lipinski definition) is 2. The van der Waals surface area contributed by atoms with Crippen molar-refractivity contribution in [2.75, 3.05) is 25.4 Å². The molecule has 1 saturated heterocycles. The molecule has 0 atom stereocenters. The Morgan fingerprint density at radius 1 is 1.31 bits per heavy atom. The zero-order chi connectivity index (χ0) is 17.7. The van der Waals surface area contributed by atoms with E-state index in [-0.39, 0.29) is 11.5 Å². The smallest absolute Gasteiger partial charge is 0.265 e. The predicted octanol–water partition coefficient (Wildman–Crippen LogP) is 2.91. The summed E-state index contributed by atoms with van der Waals surface area (Å²) in [5.74, 6) is 0.0155. The molecule has 26 heavy (non-hydrogen) atoms. The lowest BCUT2D eigenvalue weighted by molar-refractivity contribution is -0.0957. The zero-order valence-corrected chi connectivity index (χ0v) is 15.1. The van der Waals surface area contributed by atoms with E-state index in [4.69, 9.17) is 10.5 Å². The molecule has 1 amide bonds. The summed E-state index contributed by atoms with van der Waals surface area (Å²) in [4.78, 5) is 22.7. The molecule has 0 aliphatic carbocycles. The van der Waals surface area contributed by atoms with Crippen LogP contribution in [0.1, 0.15) is 33.8 Å². The van der Waals surface area contributed by atoms with Crippen LogP contribution in [0.2, 0.25) is 0 Å². The molecule has 0 unspecified atom stereocenters.